The van der Waals surface area contributed by atoms with Crippen LogP contribution in [-0.2, 0) is 0 Å². The smallest absolute Gasteiger partial charge is 0.337 e. The third-order valence-electron chi connectivity index (χ3n) is 2.83. The lowest BCUT2D eigenvalue weighted by atomic mass is 10.1. The molecule has 0 aliphatic heterocycles. The number of benzene rings is 2. The fourth-order valence-electron chi connectivity index (χ4n) is 1.81. The Bertz CT molecular complexity index is 729. The Kier molecular flexibility index (Phi) is 4.50. The zero-order valence-electron chi connectivity index (χ0n) is 11.0. The van der Waals surface area contributed by atoms with Crippen LogP contribution in [0.2, 0.25) is 10.0 Å². The Morgan fingerprint density at radius 2 is 1.71 bits per heavy atom. The van der Waals surface area contributed by atoms with Gasteiger partial charge in [-0.2, -0.15) is 0 Å². The number of carbonyl (C=O) groups is 2. The fourth-order valence-corrected chi connectivity index (χ4v) is 2.31. The molecule has 0 unspecified atom stereocenters. The van der Waals surface area contributed by atoms with Crippen molar-refractivity contribution in [1.29, 1.82) is 0 Å². The van der Waals surface area contributed by atoms with Gasteiger partial charge in [-0.3, -0.25) is 4.79 Å². The van der Waals surface area contributed by atoms with E-state index in [9.17, 15) is 9.59 Å². The maximum atomic E-state index is 12.2. The minimum atomic E-state index is -1.12. The number of halogens is 2. The molecular weight excluding hydrogens is 313 g/mol. The van der Waals surface area contributed by atoms with Gasteiger partial charge in [-0.05, 0) is 42.8 Å². The van der Waals surface area contributed by atoms with Crippen molar-refractivity contribution in [2.24, 2.45) is 0 Å². The van der Waals surface area contributed by atoms with Gasteiger partial charge in [0.25, 0.3) is 5.91 Å². The molecule has 6 heteroatoms. The number of carboxylic acids is 1. The SMILES string of the molecule is Cc1ccc(C(=O)O)c(NC(=O)c2ccc(Cl)cc2Cl)c1. The molecule has 21 heavy (non-hydrogen) atoms. The second kappa shape index (κ2) is 6.16. The van der Waals surface area contributed by atoms with Crippen molar-refractivity contribution in [1.82, 2.24) is 0 Å². The summed E-state index contributed by atoms with van der Waals surface area (Å²) in [5.41, 5.74) is 1.29. The van der Waals surface area contributed by atoms with Gasteiger partial charge in [-0.15, -0.1) is 0 Å². The highest BCUT2D eigenvalue weighted by Crippen LogP contribution is 2.23. The highest BCUT2D eigenvalue weighted by atomic mass is 35.5. The van der Waals surface area contributed by atoms with E-state index in [1.165, 1.54) is 24.3 Å². The van der Waals surface area contributed by atoms with Crippen molar-refractivity contribution < 1.29 is 14.7 Å². The van der Waals surface area contributed by atoms with Gasteiger partial charge >= 0.3 is 5.97 Å². The van der Waals surface area contributed by atoms with Crippen molar-refractivity contribution in [2.75, 3.05) is 5.32 Å². The number of aromatic carboxylic acids is 1. The summed E-state index contributed by atoms with van der Waals surface area (Å²) in [6.45, 7) is 1.80. The van der Waals surface area contributed by atoms with E-state index in [1.807, 2.05) is 0 Å². The molecule has 1 amide bonds. The minimum Gasteiger partial charge on any atom is -0.478 e. The molecule has 2 rings (SSSR count). The van der Waals surface area contributed by atoms with Crippen LogP contribution in [0.15, 0.2) is 36.4 Å². The summed E-state index contributed by atoms with van der Waals surface area (Å²) in [6.07, 6.45) is 0. The molecule has 0 radical (unpaired) electrons. The number of hydrogen-bond acceptors (Lipinski definition) is 2. The van der Waals surface area contributed by atoms with Crippen molar-refractivity contribution >= 4 is 40.8 Å². The van der Waals surface area contributed by atoms with E-state index in [-0.39, 0.29) is 21.8 Å². The molecule has 0 aliphatic rings. The second-order valence-corrected chi connectivity index (χ2v) is 5.28. The maximum Gasteiger partial charge on any atom is 0.337 e. The molecule has 2 aromatic rings. The Morgan fingerprint density at radius 1 is 1.05 bits per heavy atom. The third-order valence-corrected chi connectivity index (χ3v) is 3.38. The first kappa shape index (κ1) is 15.4. The highest BCUT2D eigenvalue weighted by molar-refractivity contribution is 6.37. The fraction of sp³-hybridized carbons (Fsp3) is 0.0667. The molecule has 0 saturated carbocycles. The van der Waals surface area contributed by atoms with Crippen molar-refractivity contribution in [2.45, 2.75) is 6.92 Å². The third kappa shape index (κ3) is 3.54. The Hall–Kier alpha value is -2.04. The predicted molar refractivity (Wildman–Crippen MR) is 82.6 cm³/mol. The van der Waals surface area contributed by atoms with Gasteiger partial charge in [-0.1, -0.05) is 29.3 Å². The van der Waals surface area contributed by atoms with Crippen molar-refractivity contribution in [3.8, 4) is 0 Å². The van der Waals surface area contributed by atoms with Crippen LogP contribution in [0.25, 0.3) is 0 Å². The number of carboxylic acid groups (broad SMARTS) is 1. The van der Waals surface area contributed by atoms with E-state index < -0.39 is 11.9 Å². The molecule has 0 atom stereocenters. The van der Waals surface area contributed by atoms with Gasteiger partial charge in [0.2, 0.25) is 0 Å². The van der Waals surface area contributed by atoms with Gasteiger partial charge in [0, 0.05) is 5.02 Å². The minimum absolute atomic E-state index is 0.0130. The van der Waals surface area contributed by atoms with Crippen LogP contribution in [0, 0.1) is 6.92 Å². The van der Waals surface area contributed by atoms with Crippen LogP contribution in [0.5, 0.6) is 0 Å². The Balaban J connectivity index is 2.35. The van der Waals surface area contributed by atoms with Crippen LogP contribution in [0.1, 0.15) is 26.3 Å². The molecule has 0 heterocycles. The first-order valence-corrected chi connectivity index (χ1v) is 6.74. The van der Waals surface area contributed by atoms with Gasteiger partial charge in [0.05, 0.1) is 21.8 Å². The summed E-state index contributed by atoms with van der Waals surface area (Å²) >= 11 is 11.7. The summed E-state index contributed by atoms with van der Waals surface area (Å²) in [6, 6.07) is 9.16. The summed E-state index contributed by atoms with van der Waals surface area (Å²) in [4.78, 5) is 23.4. The summed E-state index contributed by atoms with van der Waals surface area (Å²) in [7, 11) is 0. The van der Waals surface area contributed by atoms with Gasteiger partial charge in [0.15, 0.2) is 0 Å². The summed E-state index contributed by atoms with van der Waals surface area (Å²) in [5.74, 6) is -1.61. The lowest BCUT2D eigenvalue weighted by Crippen LogP contribution is -2.15. The van der Waals surface area contributed by atoms with E-state index in [4.69, 9.17) is 28.3 Å². The topological polar surface area (TPSA) is 66.4 Å². The van der Waals surface area contributed by atoms with Crippen molar-refractivity contribution in [3.63, 3.8) is 0 Å². The van der Waals surface area contributed by atoms with Crippen molar-refractivity contribution in [3.05, 3.63) is 63.1 Å². The molecule has 2 N–H and O–H groups in total. The normalized spacial score (nSPS) is 10.2. The predicted octanol–water partition coefficient (Wildman–Crippen LogP) is 4.25. The summed E-state index contributed by atoms with van der Waals surface area (Å²) in [5, 5.41) is 12.3. The maximum absolute atomic E-state index is 12.2. The number of anilines is 1. The van der Waals surface area contributed by atoms with Crippen LogP contribution < -0.4 is 5.32 Å². The number of aryl methyl sites for hydroxylation is 1. The first-order chi connectivity index (χ1) is 9.88. The number of carbonyl (C=O) groups excluding carboxylic acids is 1. The van der Waals surface area contributed by atoms with E-state index in [0.29, 0.717) is 5.02 Å². The van der Waals surface area contributed by atoms with Crippen LogP contribution >= 0.6 is 23.2 Å². The molecule has 2 aromatic carbocycles. The lowest BCUT2D eigenvalue weighted by Gasteiger charge is -2.10. The molecule has 0 aromatic heterocycles. The molecule has 0 spiro atoms. The Morgan fingerprint density at radius 3 is 2.33 bits per heavy atom. The van der Waals surface area contributed by atoms with Gasteiger partial charge in [0.1, 0.15) is 0 Å². The number of amides is 1. The van der Waals surface area contributed by atoms with Gasteiger partial charge in [-0.25, -0.2) is 4.79 Å². The van der Waals surface area contributed by atoms with Crippen LogP contribution in [0.3, 0.4) is 0 Å². The molecule has 0 fully saturated rings. The number of nitrogens with one attached hydrogen (secondary N) is 1. The zero-order valence-corrected chi connectivity index (χ0v) is 12.5. The molecule has 4 nitrogen and oxygen atoms in total. The zero-order chi connectivity index (χ0) is 15.6. The monoisotopic (exact) mass is 323 g/mol. The molecular formula is C15H11Cl2NO3. The molecule has 0 bridgehead atoms. The second-order valence-electron chi connectivity index (χ2n) is 4.43. The van der Waals surface area contributed by atoms with E-state index in [0.717, 1.165) is 5.56 Å². The quantitative estimate of drug-likeness (QED) is 0.887. The number of rotatable bonds is 3. The average molecular weight is 324 g/mol. The molecule has 108 valence electrons. The van der Waals surface area contributed by atoms with Crippen LogP contribution in [-0.4, -0.2) is 17.0 Å². The average Bonchev–Trinajstić information content (AvgIpc) is 2.37. The van der Waals surface area contributed by atoms with Gasteiger partial charge < -0.3 is 10.4 Å². The lowest BCUT2D eigenvalue weighted by molar-refractivity contribution is 0.0698. The van der Waals surface area contributed by atoms with E-state index in [2.05, 4.69) is 5.32 Å². The largest absolute Gasteiger partial charge is 0.478 e. The standard InChI is InChI=1S/C15H11Cl2NO3/c1-8-2-4-11(15(20)21)13(6-8)18-14(19)10-5-3-9(16)7-12(10)17/h2-7H,1H3,(H,18,19)(H,20,21). The molecule has 0 aliphatic carbocycles. The molecule has 0 saturated heterocycles. The van der Waals surface area contributed by atoms with E-state index >= 15 is 0 Å². The van der Waals surface area contributed by atoms with Crippen LogP contribution in [0.4, 0.5) is 5.69 Å². The first-order valence-electron chi connectivity index (χ1n) is 5.99. The number of hydrogen-bond donors (Lipinski definition) is 2. The Labute approximate surface area is 131 Å². The highest BCUT2D eigenvalue weighted by Gasteiger charge is 2.15. The van der Waals surface area contributed by atoms with E-state index in [1.54, 1.807) is 19.1 Å². The summed E-state index contributed by atoms with van der Waals surface area (Å²) < 4.78 is 0.